The van der Waals surface area contributed by atoms with Crippen molar-refractivity contribution < 1.29 is 4.79 Å². The van der Waals surface area contributed by atoms with E-state index < -0.39 is 0 Å². The van der Waals surface area contributed by atoms with Crippen LogP contribution in [0.25, 0.3) is 0 Å². The molecule has 0 atom stereocenters. The summed E-state index contributed by atoms with van der Waals surface area (Å²) in [4.78, 5) is 14.3. The van der Waals surface area contributed by atoms with Crippen LogP contribution in [0.1, 0.15) is 59.3 Å². The number of carbonyl (C=O) groups is 1. The highest BCUT2D eigenvalue weighted by Crippen LogP contribution is 2.20. The average molecular weight is 239 g/mol. The SMILES string of the molecule is CCCCCCN1CC(C(=O)CCC(C)C)C1. The van der Waals surface area contributed by atoms with E-state index in [4.69, 9.17) is 0 Å². The van der Waals surface area contributed by atoms with E-state index in [-0.39, 0.29) is 0 Å². The van der Waals surface area contributed by atoms with Crippen LogP contribution in [-0.2, 0) is 4.79 Å². The molecule has 0 unspecified atom stereocenters. The van der Waals surface area contributed by atoms with Crippen molar-refractivity contribution in [1.29, 1.82) is 0 Å². The monoisotopic (exact) mass is 239 g/mol. The summed E-state index contributed by atoms with van der Waals surface area (Å²) in [6.07, 6.45) is 7.17. The fourth-order valence-electron chi connectivity index (χ4n) is 2.35. The molecule has 2 heteroatoms. The number of nitrogens with zero attached hydrogens (tertiary/aromatic N) is 1. The van der Waals surface area contributed by atoms with Crippen molar-refractivity contribution in [2.24, 2.45) is 11.8 Å². The van der Waals surface area contributed by atoms with Gasteiger partial charge >= 0.3 is 0 Å². The second-order valence-corrected chi connectivity index (χ2v) is 5.92. The highest BCUT2D eigenvalue weighted by atomic mass is 16.1. The molecule has 0 spiro atoms. The highest BCUT2D eigenvalue weighted by molar-refractivity contribution is 5.82. The highest BCUT2D eigenvalue weighted by Gasteiger charge is 2.31. The molecule has 100 valence electrons. The molecule has 0 bridgehead atoms. The summed E-state index contributed by atoms with van der Waals surface area (Å²) in [5.74, 6) is 1.52. The fourth-order valence-corrected chi connectivity index (χ4v) is 2.35. The number of Topliss-reactive ketones (excluding diaryl/α,β-unsaturated/α-hetero) is 1. The standard InChI is InChI=1S/C15H29NO/c1-4-5-6-7-10-16-11-14(12-16)15(17)9-8-13(2)3/h13-14H,4-12H2,1-3H3. The van der Waals surface area contributed by atoms with Gasteiger partial charge in [-0.05, 0) is 25.3 Å². The maximum absolute atomic E-state index is 11.8. The van der Waals surface area contributed by atoms with Gasteiger partial charge in [-0.2, -0.15) is 0 Å². The topological polar surface area (TPSA) is 20.3 Å². The fraction of sp³-hybridized carbons (Fsp3) is 0.933. The molecule has 1 aliphatic heterocycles. The predicted molar refractivity (Wildman–Crippen MR) is 73.2 cm³/mol. The summed E-state index contributed by atoms with van der Waals surface area (Å²) in [5, 5.41) is 0. The number of likely N-dealkylation sites (tertiary alicyclic amines) is 1. The van der Waals surface area contributed by atoms with Gasteiger partial charge in [-0.1, -0.05) is 40.0 Å². The van der Waals surface area contributed by atoms with E-state index in [9.17, 15) is 4.79 Å². The lowest BCUT2D eigenvalue weighted by molar-refractivity contribution is -0.128. The van der Waals surface area contributed by atoms with Gasteiger partial charge in [-0.15, -0.1) is 0 Å². The van der Waals surface area contributed by atoms with E-state index in [1.165, 1.54) is 32.2 Å². The number of rotatable bonds is 9. The van der Waals surface area contributed by atoms with Gasteiger partial charge in [0.15, 0.2) is 0 Å². The first-order valence-corrected chi connectivity index (χ1v) is 7.38. The molecule has 0 radical (unpaired) electrons. The molecular weight excluding hydrogens is 210 g/mol. The maximum Gasteiger partial charge on any atom is 0.138 e. The second-order valence-electron chi connectivity index (χ2n) is 5.92. The zero-order valence-corrected chi connectivity index (χ0v) is 11.9. The summed E-state index contributed by atoms with van der Waals surface area (Å²) in [7, 11) is 0. The number of hydrogen-bond acceptors (Lipinski definition) is 2. The third-order valence-electron chi connectivity index (χ3n) is 3.71. The molecule has 0 amide bonds. The number of ketones is 1. The largest absolute Gasteiger partial charge is 0.302 e. The van der Waals surface area contributed by atoms with Crippen molar-refractivity contribution in [1.82, 2.24) is 4.90 Å². The van der Waals surface area contributed by atoms with Gasteiger partial charge in [-0.3, -0.25) is 4.79 Å². The zero-order chi connectivity index (χ0) is 12.7. The summed E-state index contributed by atoms with van der Waals surface area (Å²) in [6, 6.07) is 0. The second kappa shape index (κ2) is 7.86. The van der Waals surface area contributed by atoms with Crippen molar-refractivity contribution in [3.05, 3.63) is 0 Å². The quantitative estimate of drug-likeness (QED) is 0.574. The van der Waals surface area contributed by atoms with Gasteiger partial charge in [0, 0.05) is 25.4 Å². The minimum absolute atomic E-state index is 0.361. The number of carbonyl (C=O) groups excluding carboxylic acids is 1. The van der Waals surface area contributed by atoms with Crippen molar-refractivity contribution >= 4 is 5.78 Å². The summed E-state index contributed by atoms with van der Waals surface area (Å²) < 4.78 is 0. The lowest BCUT2D eigenvalue weighted by Crippen LogP contribution is -2.50. The minimum Gasteiger partial charge on any atom is -0.302 e. The van der Waals surface area contributed by atoms with E-state index in [1.807, 2.05) is 0 Å². The molecule has 2 nitrogen and oxygen atoms in total. The van der Waals surface area contributed by atoms with Gasteiger partial charge in [0.2, 0.25) is 0 Å². The molecule has 0 aromatic rings. The van der Waals surface area contributed by atoms with Gasteiger partial charge in [-0.25, -0.2) is 0 Å². The Balaban J connectivity index is 2.00. The van der Waals surface area contributed by atoms with E-state index in [0.29, 0.717) is 17.6 Å². The van der Waals surface area contributed by atoms with Crippen LogP contribution in [-0.4, -0.2) is 30.3 Å². The van der Waals surface area contributed by atoms with Crippen LogP contribution in [0.5, 0.6) is 0 Å². The number of unbranched alkanes of at least 4 members (excludes halogenated alkanes) is 3. The lowest BCUT2D eigenvalue weighted by atomic mass is 9.90. The van der Waals surface area contributed by atoms with E-state index >= 15 is 0 Å². The molecule has 0 aromatic heterocycles. The van der Waals surface area contributed by atoms with E-state index in [0.717, 1.165) is 25.9 Å². The summed E-state index contributed by atoms with van der Waals surface area (Å²) >= 11 is 0. The molecule has 1 fully saturated rings. The van der Waals surface area contributed by atoms with Crippen molar-refractivity contribution in [2.75, 3.05) is 19.6 Å². The zero-order valence-electron chi connectivity index (χ0n) is 11.9. The van der Waals surface area contributed by atoms with Gasteiger partial charge in [0.05, 0.1) is 0 Å². The Morgan fingerprint density at radius 2 is 1.94 bits per heavy atom. The first-order chi connectivity index (χ1) is 8.13. The van der Waals surface area contributed by atoms with Crippen LogP contribution in [0.3, 0.4) is 0 Å². The molecule has 0 aromatic carbocycles. The third-order valence-corrected chi connectivity index (χ3v) is 3.71. The third kappa shape index (κ3) is 5.67. The molecule has 1 aliphatic rings. The van der Waals surface area contributed by atoms with Crippen LogP contribution in [0.15, 0.2) is 0 Å². The Morgan fingerprint density at radius 1 is 1.24 bits per heavy atom. The Bertz CT molecular complexity index is 219. The molecule has 17 heavy (non-hydrogen) atoms. The molecule has 0 saturated carbocycles. The number of hydrogen-bond donors (Lipinski definition) is 0. The van der Waals surface area contributed by atoms with Gasteiger partial charge in [0.1, 0.15) is 5.78 Å². The van der Waals surface area contributed by atoms with Crippen LogP contribution in [0.2, 0.25) is 0 Å². The van der Waals surface area contributed by atoms with Crippen molar-refractivity contribution in [2.45, 2.75) is 59.3 Å². The first-order valence-electron chi connectivity index (χ1n) is 7.38. The summed E-state index contributed by atoms with van der Waals surface area (Å²) in [5.41, 5.74) is 0. The molecule has 1 heterocycles. The smallest absolute Gasteiger partial charge is 0.138 e. The van der Waals surface area contributed by atoms with Crippen LogP contribution in [0.4, 0.5) is 0 Å². The lowest BCUT2D eigenvalue weighted by Gasteiger charge is -2.38. The van der Waals surface area contributed by atoms with E-state index in [2.05, 4.69) is 25.7 Å². The van der Waals surface area contributed by atoms with Crippen molar-refractivity contribution in [3.8, 4) is 0 Å². The predicted octanol–water partition coefficient (Wildman–Crippen LogP) is 3.50. The van der Waals surface area contributed by atoms with Crippen LogP contribution in [0, 0.1) is 11.8 Å². The Labute approximate surface area is 107 Å². The maximum atomic E-state index is 11.8. The summed E-state index contributed by atoms with van der Waals surface area (Å²) in [6.45, 7) is 9.88. The Morgan fingerprint density at radius 3 is 2.53 bits per heavy atom. The average Bonchev–Trinajstić information content (AvgIpc) is 2.23. The van der Waals surface area contributed by atoms with Gasteiger partial charge in [0.25, 0.3) is 0 Å². The van der Waals surface area contributed by atoms with Crippen LogP contribution < -0.4 is 0 Å². The molecule has 0 aliphatic carbocycles. The Hall–Kier alpha value is -0.370. The molecular formula is C15H29NO. The normalized spacial score (nSPS) is 17.4. The molecule has 0 N–H and O–H groups in total. The Kier molecular flexibility index (Phi) is 6.79. The molecule has 1 saturated heterocycles. The van der Waals surface area contributed by atoms with E-state index in [1.54, 1.807) is 0 Å². The molecule has 1 rings (SSSR count). The minimum atomic E-state index is 0.361. The van der Waals surface area contributed by atoms with Crippen LogP contribution >= 0.6 is 0 Å². The van der Waals surface area contributed by atoms with Crippen molar-refractivity contribution in [3.63, 3.8) is 0 Å². The first kappa shape index (κ1) is 14.7. The van der Waals surface area contributed by atoms with Gasteiger partial charge < -0.3 is 4.90 Å².